The second kappa shape index (κ2) is 11.3. The summed E-state index contributed by atoms with van der Waals surface area (Å²) in [4.78, 5) is 2.44. The molecular weight excluding hydrogens is 603 g/mol. The Morgan fingerprint density at radius 2 is 0.800 bits per heavy atom. The Hall–Kier alpha value is -6.44. The van der Waals surface area contributed by atoms with Gasteiger partial charge in [0.05, 0.1) is 5.41 Å². The number of hydrogen-bond acceptors (Lipinski definition) is 1. The Morgan fingerprint density at radius 1 is 0.300 bits per heavy atom. The summed E-state index contributed by atoms with van der Waals surface area (Å²) in [5, 5.41) is 7.46. The molecule has 50 heavy (non-hydrogen) atoms. The molecule has 0 spiro atoms. The standard InChI is InChI=1S/C49H33N/c1-3-16-38(17-4-1)49(39-18-5-2-6-19-39)47-22-12-11-21-44(47)45-30-29-42(33-48(45)49)50(40-27-25-34-13-7-8-15-37(34)31-40)41-28-26-36-24-23-35-14-9-10-20-43(35)46(36)32-41/h1-33H. The number of nitrogens with zero attached hydrogens (tertiary/aromatic N) is 1. The number of fused-ring (bicyclic) bond motifs is 7. The van der Waals surface area contributed by atoms with Crippen LogP contribution in [0.1, 0.15) is 22.3 Å². The van der Waals surface area contributed by atoms with E-state index in [0.29, 0.717) is 0 Å². The molecule has 0 atom stereocenters. The van der Waals surface area contributed by atoms with Crippen molar-refractivity contribution in [3.63, 3.8) is 0 Å². The summed E-state index contributed by atoms with van der Waals surface area (Å²) in [5.41, 5.74) is 10.6. The average molecular weight is 636 g/mol. The third kappa shape index (κ3) is 4.27. The van der Waals surface area contributed by atoms with Crippen LogP contribution in [0.3, 0.4) is 0 Å². The molecule has 234 valence electrons. The van der Waals surface area contributed by atoms with Crippen LogP contribution in [0, 0.1) is 0 Å². The third-order valence-corrected chi connectivity index (χ3v) is 10.7. The zero-order valence-corrected chi connectivity index (χ0v) is 27.5. The van der Waals surface area contributed by atoms with Crippen LogP contribution in [0.2, 0.25) is 0 Å². The summed E-state index contributed by atoms with van der Waals surface area (Å²) in [6, 6.07) is 73.7. The van der Waals surface area contributed by atoms with Gasteiger partial charge in [0, 0.05) is 17.1 Å². The van der Waals surface area contributed by atoms with Gasteiger partial charge in [-0.1, -0.05) is 164 Å². The van der Waals surface area contributed by atoms with E-state index in [4.69, 9.17) is 0 Å². The van der Waals surface area contributed by atoms with Crippen LogP contribution >= 0.6 is 0 Å². The van der Waals surface area contributed by atoms with Crippen molar-refractivity contribution in [2.24, 2.45) is 0 Å². The monoisotopic (exact) mass is 635 g/mol. The number of benzene rings is 9. The highest BCUT2D eigenvalue weighted by Crippen LogP contribution is 2.57. The van der Waals surface area contributed by atoms with Crippen molar-refractivity contribution in [1.29, 1.82) is 0 Å². The maximum atomic E-state index is 2.46. The van der Waals surface area contributed by atoms with E-state index in [2.05, 4.69) is 205 Å². The minimum Gasteiger partial charge on any atom is -0.310 e. The van der Waals surface area contributed by atoms with E-state index in [0.717, 1.165) is 17.1 Å². The van der Waals surface area contributed by atoms with Crippen molar-refractivity contribution in [3.8, 4) is 11.1 Å². The molecule has 0 unspecified atom stereocenters. The van der Waals surface area contributed by atoms with E-state index >= 15 is 0 Å². The molecule has 1 aliphatic carbocycles. The van der Waals surface area contributed by atoms with E-state index < -0.39 is 5.41 Å². The van der Waals surface area contributed by atoms with Crippen molar-refractivity contribution in [2.75, 3.05) is 4.90 Å². The molecule has 0 bridgehead atoms. The second-order valence-electron chi connectivity index (χ2n) is 13.3. The van der Waals surface area contributed by atoms with Crippen molar-refractivity contribution in [1.82, 2.24) is 0 Å². The van der Waals surface area contributed by atoms with Gasteiger partial charge in [0.2, 0.25) is 0 Å². The highest BCUT2D eigenvalue weighted by atomic mass is 15.1. The van der Waals surface area contributed by atoms with E-state index in [1.54, 1.807) is 0 Å². The molecule has 1 nitrogen and oxygen atoms in total. The van der Waals surface area contributed by atoms with Gasteiger partial charge < -0.3 is 4.90 Å². The fourth-order valence-electron chi connectivity index (χ4n) is 8.46. The molecule has 0 aromatic heterocycles. The molecule has 0 radical (unpaired) electrons. The van der Waals surface area contributed by atoms with E-state index in [1.807, 2.05) is 0 Å². The lowest BCUT2D eigenvalue weighted by Crippen LogP contribution is -2.28. The van der Waals surface area contributed by atoms with Crippen LogP contribution in [-0.4, -0.2) is 0 Å². The zero-order chi connectivity index (χ0) is 33.1. The Labute approximate surface area is 292 Å². The first-order valence-corrected chi connectivity index (χ1v) is 17.3. The summed E-state index contributed by atoms with van der Waals surface area (Å²) in [6.07, 6.45) is 0. The van der Waals surface area contributed by atoms with Gasteiger partial charge in [0.15, 0.2) is 0 Å². The Morgan fingerprint density at radius 3 is 1.56 bits per heavy atom. The van der Waals surface area contributed by atoms with E-state index in [9.17, 15) is 0 Å². The van der Waals surface area contributed by atoms with Crippen LogP contribution in [0.5, 0.6) is 0 Å². The van der Waals surface area contributed by atoms with Gasteiger partial charge in [-0.25, -0.2) is 0 Å². The Balaban J connectivity index is 1.27. The molecule has 0 heterocycles. The molecule has 9 aromatic carbocycles. The van der Waals surface area contributed by atoms with Gasteiger partial charge in [-0.15, -0.1) is 0 Å². The van der Waals surface area contributed by atoms with Crippen molar-refractivity contribution < 1.29 is 0 Å². The molecule has 0 saturated heterocycles. The van der Waals surface area contributed by atoms with Crippen LogP contribution in [0.25, 0.3) is 43.4 Å². The van der Waals surface area contributed by atoms with Gasteiger partial charge >= 0.3 is 0 Å². The quantitative estimate of drug-likeness (QED) is 0.170. The summed E-state index contributed by atoms with van der Waals surface area (Å²) in [5.74, 6) is 0. The second-order valence-corrected chi connectivity index (χ2v) is 13.3. The zero-order valence-electron chi connectivity index (χ0n) is 27.5. The van der Waals surface area contributed by atoms with Gasteiger partial charge in [-0.05, 0) is 102 Å². The van der Waals surface area contributed by atoms with Crippen LogP contribution < -0.4 is 4.90 Å². The number of hydrogen-bond donors (Lipinski definition) is 0. The van der Waals surface area contributed by atoms with Crippen LogP contribution in [-0.2, 0) is 5.41 Å². The Kier molecular flexibility index (Phi) is 6.47. The summed E-state index contributed by atoms with van der Waals surface area (Å²) in [6.45, 7) is 0. The first-order valence-electron chi connectivity index (χ1n) is 17.3. The summed E-state index contributed by atoms with van der Waals surface area (Å²) < 4.78 is 0. The smallest absolute Gasteiger partial charge is 0.0714 e. The maximum absolute atomic E-state index is 2.46. The SMILES string of the molecule is c1ccc(C2(c3ccccc3)c3ccccc3-c3ccc(N(c4ccc5ccccc5c4)c4ccc5ccc6ccccc6c5c4)cc32)cc1. The normalized spacial score (nSPS) is 13.0. The summed E-state index contributed by atoms with van der Waals surface area (Å²) in [7, 11) is 0. The molecule has 10 rings (SSSR count). The predicted molar refractivity (Wildman–Crippen MR) is 211 cm³/mol. The number of rotatable bonds is 5. The highest BCUT2D eigenvalue weighted by molar-refractivity contribution is 6.09. The fourth-order valence-corrected chi connectivity index (χ4v) is 8.46. The van der Waals surface area contributed by atoms with Gasteiger partial charge in [0.25, 0.3) is 0 Å². The first kappa shape index (κ1) is 28.6. The molecular formula is C49H33N. The van der Waals surface area contributed by atoms with Gasteiger partial charge in [-0.3, -0.25) is 0 Å². The maximum Gasteiger partial charge on any atom is 0.0714 e. The molecule has 9 aromatic rings. The molecule has 0 saturated carbocycles. The predicted octanol–water partition coefficient (Wildman–Crippen LogP) is 13.0. The van der Waals surface area contributed by atoms with Crippen molar-refractivity contribution in [2.45, 2.75) is 5.41 Å². The summed E-state index contributed by atoms with van der Waals surface area (Å²) >= 11 is 0. The first-order chi connectivity index (χ1) is 24.8. The lowest BCUT2D eigenvalue weighted by Gasteiger charge is -2.35. The fraction of sp³-hybridized carbons (Fsp3) is 0.0204. The van der Waals surface area contributed by atoms with Crippen LogP contribution in [0.4, 0.5) is 17.1 Å². The lowest BCUT2D eigenvalue weighted by molar-refractivity contribution is 0.768. The van der Waals surface area contributed by atoms with E-state index in [-0.39, 0.29) is 0 Å². The molecule has 1 aliphatic rings. The van der Waals surface area contributed by atoms with Gasteiger partial charge in [0.1, 0.15) is 0 Å². The molecule has 0 N–H and O–H groups in total. The average Bonchev–Trinajstić information content (AvgIpc) is 3.49. The van der Waals surface area contributed by atoms with Crippen molar-refractivity contribution >= 4 is 49.4 Å². The minimum absolute atomic E-state index is 0.473. The van der Waals surface area contributed by atoms with Gasteiger partial charge in [-0.2, -0.15) is 0 Å². The molecule has 0 amide bonds. The highest BCUT2D eigenvalue weighted by Gasteiger charge is 2.46. The van der Waals surface area contributed by atoms with Crippen LogP contribution in [0.15, 0.2) is 200 Å². The molecule has 1 heteroatoms. The minimum atomic E-state index is -0.473. The van der Waals surface area contributed by atoms with E-state index in [1.165, 1.54) is 65.7 Å². The van der Waals surface area contributed by atoms with Crippen molar-refractivity contribution in [3.05, 3.63) is 222 Å². The number of anilines is 3. The molecule has 0 aliphatic heterocycles. The lowest BCUT2D eigenvalue weighted by atomic mass is 9.67. The largest absolute Gasteiger partial charge is 0.310 e. The third-order valence-electron chi connectivity index (χ3n) is 10.7. The Bertz CT molecular complexity index is 2670. The molecule has 0 fully saturated rings. The topological polar surface area (TPSA) is 3.24 Å².